The third kappa shape index (κ3) is 8.22. The van der Waals surface area contributed by atoms with Gasteiger partial charge in [0, 0.05) is 24.3 Å². The Morgan fingerprint density at radius 2 is 1.40 bits per heavy atom. The van der Waals surface area contributed by atoms with Gasteiger partial charge in [0.1, 0.15) is 11.5 Å². The molecular formula is C34H33F3N4O5S. The normalized spacial score (nSPS) is 11.4. The Morgan fingerprint density at radius 1 is 0.809 bits per heavy atom. The van der Waals surface area contributed by atoms with Crippen LogP contribution in [0.15, 0.2) is 78.9 Å². The zero-order chi connectivity index (χ0) is 34.2. The third-order valence-electron chi connectivity index (χ3n) is 7.15. The Labute approximate surface area is 273 Å². The van der Waals surface area contributed by atoms with Crippen molar-refractivity contribution in [3.05, 3.63) is 105 Å². The number of likely N-dealkylation sites (N-methyl/N-ethyl adjacent to an activating group) is 2. The second-order valence-corrected chi connectivity index (χ2v) is 11.7. The number of nitrogens with zero attached hydrogens (tertiary/aromatic N) is 1. The minimum Gasteiger partial charge on any atom is -0.463 e. The zero-order valence-electron chi connectivity index (χ0n) is 25.9. The predicted molar refractivity (Wildman–Crippen MR) is 172 cm³/mol. The smallest absolute Gasteiger partial charge is 0.416 e. The van der Waals surface area contributed by atoms with Crippen LogP contribution in [0.4, 0.5) is 18.9 Å². The van der Waals surface area contributed by atoms with Gasteiger partial charge in [0.25, 0.3) is 5.91 Å². The number of anilines is 1. The van der Waals surface area contributed by atoms with Gasteiger partial charge in [-0.15, -0.1) is 11.3 Å². The van der Waals surface area contributed by atoms with Crippen LogP contribution in [0.25, 0.3) is 11.3 Å². The lowest BCUT2D eigenvalue weighted by atomic mass is 9.79. The quantitative estimate of drug-likeness (QED) is 0.132. The van der Waals surface area contributed by atoms with Gasteiger partial charge in [-0.1, -0.05) is 54.6 Å². The molecule has 3 amide bonds. The second kappa shape index (κ2) is 15.0. The topological polar surface area (TPSA) is 126 Å². The minimum absolute atomic E-state index is 0.171. The van der Waals surface area contributed by atoms with Crippen molar-refractivity contribution >= 4 is 40.7 Å². The fraction of sp³-hybridized carbons (Fsp3) is 0.265. The number of aromatic nitrogens is 1. The zero-order valence-corrected chi connectivity index (χ0v) is 26.7. The van der Waals surface area contributed by atoms with Crippen molar-refractivity contribution < 1.29 is 37.1 Å². The Bertz CT molecular complexity index is 1710. The van der Waals surface area contributed by atoms with E-state index >= 15 is 0 Å². The van der Waals surface area contributed by atoms with Crippen LogP contribution in [-0.2, 0) is 37.1 Å². The molecule has 0 aliphatic carbocycles. The maximum absolute atomic E-state index is 13.3. The Kier molecular flexibility index (Phi) is 11.1. The first-order valence-corrected chi connectivity index (χ1v) is 15.5. The van der Waals surface area contributed by atoms with Crippen LogP contribution in [0, 0.1) is 6.92 Å². The van der Waals surface area contributed by atoms with E-state index in [0.29, 0.717) is 27.4 Å². The Morgan fingerprint density at radius 3 is 1.96 bits per heavy atom. The van der Waals surface area contributed by atoms with E-state index in [9.17, 15) is 32.3 Å². The highest BCUT2D eigenvalue weighted by Crippen LogP contribution is 2.33. The number of benzene rings is 3. The number of esters is 1. The first kappa shape index (κ1) is 34.8. The second-order valence-electron chi connectivity index (χ2n) is 10.5. The summed E-state index contributed by atoms with van der Waals surface area (Å²) in [5, 5.41) is 8.69. The van der Waals surface area contributed by atoms with Crippen molar-refractivity contribution in [1.82, 2.24) is 15.6 Å². The number of aryl methyl sites for hydroxylation is 1. The summed E-state index contributed by atoms with van der Waals surface area (Å²) in [5.41, 5.74) is -0.627. The van der Waals surface area contributed by atoms with Crippen molar-refractivity contribution in [2.24, 2.45) is 0 Å². The highest BCUT2D eigenvalue weighted by atomic mass is 32.1. The number of hydrogen-bond donors (Lipinski definition) is 3. The summed E-state index contributed by atoms with van der Waals surface area (Å²) in [6.45, 7) is 5.15. The SMILES string of the molecule is CCNC(=O)C(COC(=O)Cc1ccc(NC(=O)c2sc(C)nc2-c2ccc(C(F)(F)F)cc2)cc1)(C(=O)NCC)c1ccccc1. The van der Waals surface area contributed by atoms with Gasteiger partial charge in [-0.2, -0.15) is 13.2 Å². The fourth-order valence-electron chi connectivity index (χ4n) is 4.82. The molecule has 0 aliphatic rings. The van der Waals surface area contributed by atoms with Gasteiger partial charge >= 0.3 is 12.1 Å². The molecule has 0 aliphatic heterocycles. The van der Waals surface area contributed by atoms with Crippen LogP contribution in [0.5, 0.6) is 0 Å². The molecule has 0 saturated heterocycles. The largest absolute Gasteiger partial charge is 0.463 e. The summed E-state index contributed by atoms with van der Waals surface area (Å²) in [7, 11) is 0. The van der Waals surface area contributed by atoms with Crippen LogP contribution in [0.1, 0.15) is 45.2 Å². The van der Waals surface area contributed by atoms with E-state index in [0.717, 1.165) is 23.5 Å². The van der Waals surface area contributed by atoms with Gasteiger partial charge in [-0.3, -0.25) is 19.2 Å². The number of thiazole rings is 1. The number of ether oxygens (including phenoxy) is 1. The van der Waals surface area contributed by atoms with E-state index in [4.69, 9.17) is 4.74 Å². The van der Waals surface area contributed by atoms with Crippen LogP contribution >= 0.6 is 11.3 Å². The maximum atomic E-state index is 13.3. The first-order valence-electron chi connectivity index (χ1n) is 14.7. The molecule has 3 aromatic carbocycles. The van der Waals surface area contributed by atoms with Gasteiger partial charge in [0.15, 0.2) is 5.41 Å². The number of rotatable bonds is 12. The summed E-state index contributed by atoms with van der Waals surface area (Å²) in [5.74, 6) is -2.35. The predicted octanol–water partition coefficient (Wildman–Crippen LogP) is 5.69. The molecule has 9 nitrogen and oxygen atoms in total. The number of carbonyl (C=O) groups is 4. The van der Waals surface area contributed by atoms with Gasteiger partial charge in [0.05, 0.1) is 22.7 Å². The van der Waals surface area contributed by atoms with Gasteiger partial charge in [-0.05, 0) is 56.2 Å². The molecule has 1 heterocycles. The summed E-state index contributed by atoms with van der Waals surface area (Å²) in [6.07, 6.45) is -4.65. The van der Waals surface area contributed by atoms with Gasteiger partial charge in [0.2, 0.25) is 11.8 Å². The standard InChI is InChI=1S/C34H33F3N4O5S/c1-4-38-31(44)33(32(45)39-5-2,24-9-7-6-8-10-24)20-46-27(42)19-22-11-17-26(18-12-22)41-30(43)29-28(40-21(3)47-29)23-13-15-25(16-14-23)34(35,36)37/h6-18H,4-5,19-20H2,1-3H3,(H,38,44)(H,39,45)(H,41,43). The number of nitrogens with one attached hydrogen (secondary N) is 3. The average molecular weight is 667 g/mol. The van der Waals surface area contributed by atoms with Crippen molar-refractivity contribution in [1.29, 1.82) is 0 Å². The molecule has 246 valence electrons. The molecule has 0 saturated carbocycles. The molecule has 0 radical (unpaired) electrons. The van der Waals surface area contributed by atoms with Crippen LogP contribution in [0.2, 0.25) is 0 Å². The molecular weight excluding hydrogens is 633 g/mol. The van der Waals surface area contributed by atoms with Crippen LogP contribution in [-0.4, -0.2) is 48.4 Å². The number of amides is 3. The summed E-state index contributed by atoms with van der Waals surface area (Å²) in [6, 6.07) is 19.2. The van der Waals surface area contributed by atoms with E-state index < -0.39 is 47.5 Å². The van der Waals surface area contributed by atoms with E-state index in [1.54, 1.807) is 75.4 Å². The number of alkyl halides is 3. The molecule has 0 fully saturated rings. The van der Waals surface area contributed by atoms with E-state index in [-0.39, 0.29) is 30.1 Å². The lowest BCUT2D eigenvalue weighted by Gasteiger charge is -2.31. The Balaban J connectivity index is 1.44. The van der Waals surface area contributed by atoms with Gasteiger partial charge < -0.3 is 20.7 Å². The average Bonchev–Trinajstić information content (AvgIpc) is 3.44. The highest BCUT2D eigenvalue weighted by molar-refractivity contribution is 7.14. The lowest BCUT2D eigenvalue weighted by Crippen LogP contribution is -2.57. The molecule has 13 heteroatoms. The molecule has 0 spiro atoms. The first-order chi connectivity index (χ1) is 22.4. The molecule has 4 aromatic rings. The summed E-state index contributed by atoms with van der Waals surface area (Å²) in [4.78, 5) is 57.2. The third-order valence-corrected chi connectivity index (χ3v) is 8.12. The van der Waals surface area contributed by atoms with E-state index in [2.05, 4.69) is 20.9 Å². The number of halogens is 3. The number of carbonyl (C=O) groups excluding carboxylic acids is 4. The van der Waals surface area contributed by atoms with Crippen LogP contribution < -0.4 is 16.0 Å². The Hall–Kier alpha value is -5.04. The summed E-state index contributed by atoms with van der Waals surface area (Å²) < 4.78 is 44.5. The molecule has 0 unspecified atom stereocenters. The molecule has 0 atom stereocenters. The fourth-order valence-corrected chi connectivity index (χ4v) is 5.66. The molecule has 1 aromatic heterocycles. The van der Waals surface area contributed by atoms with Crippen molar-refractivity contribution in [3.8, 4) is 11.3 Å². The molecule has 47 heavy (non-hydrogen) atoms. The van der Waals surface area contributed by atoms with Crippen molar-refractivity contribution in [2.75, 3.05) is 25.0 Å². The van der Waals surface area contributed by atoms with Crippen LogP contribution in [0.3, 0.4) is 0 Å². The van der Waals surface area contributed by atoms with Gasteiger partial charge in [-0.25, -0.2) is 4.98 Å². The number of hydrogen-bond acceptors (Lipinski definition) is 7. The van der Waals surface area contributed by atoms with E-state index in [1.807, 2.05) is 0 Å². The minimum atomic E-state index is -4.48. The lowest BCUT2D eigenvalue weighted by molar-refractivity contribution is -0.150. The highest BCUT2D eigenvalue weighted by Gasteiger charge is 2.48. The maximum Gasteiger partial charge on any atom is 0.416 e. The summed E-state index contributed by atoms with van der Waals surface area (Å²) >= 11 is 1.11. The molecule has 0 bridgehead atoms. The molecule has 4 rings (SSSR count). The van der Waals surface area contributed by atoms with Crippen molar-refractivity contribution in [3.63, 3.8) is 0 Å². The monoisotopic (exact) mass is 666 g/mol. The van der Waals surface area contributed by atoms with E-state index in [1.165, 1.54) is 12.1 Å². The molecule has 3 N–H and O–H groups in total. The van der Waals surface area contributed by atoms with Crippen molar-refractivity contribution in [2.45, 2.75) is 38.8 Å².